The van der Waals surface area contributed by atoms with Crippen molar-refractivity contribution in [3.8, 4) is 0 Å². The average molecular weight is 277 g/mol. The molecule has 0 spiro atoms. The fourth-order valence-electron chi connectivity index (χ4n) is 1.57. The lowest BCUT2D eigenvalue weighted by molar-refractivity contribution is 0.283. The number of nitrogen functional groups attached to an aromatic ring is 1. The van der Waals surface area contributed by atoms with E-state index >= 15 is 0 Å². The Morgan fingerprint density at radius 1 is 1.06 bits per heavy atom. The molecule has 1 aromatic rings. The number of nitrogens with one attached hydrogen (secondary N) is 1. The zero-order chi connectivity index (χ0) is 12.7. The molecule has 1 rings (SSSR count). The molecule has 1 aromatic carbocycles. The molecular formula is C12H18Cl2N2O. The van der Waals surface area contributed by atoms with Crippen molar-refractivity contribution in [3.63, 3.8) is 0 Å². The zero-order valence-electron chi connectivity index (χ0n) is 9.68. The third kappa shape index (κ3) is 5.02. The van der Waals surface area contributed by atoms with Gasteiger partial charge >= 0.3 is 0 Å². The lowest BCUT2D eigenvalue weighted by Gasteiger charge is -2.11. The molecule has 0 aromatic heterocycles. The predicted octanol–water partition coefficient (Wildman–Crippen LogP) is 3.54. The van der Waals surface area contributed by atoms with Crippen LogP contribution in [-0.4, -0.2) is 18.3 Å². The molecule has 5 heteroatoms. The van der Waals surface area contributed by atoms with E-state index in [1.807, 2.05) is 0 Å². The second kappa shape index (κ2) is 7.64. The molecule has 0 bridgehead atoms. The number of unbranched alkanes of at least 4 members (excludes halogenated alkanes) is 3. The number of hydrogen-bond acceptors (Lipinski definition) is 3. The van der Waals surface area contributed by atoms with Crippen LogP contribution in [0.3, 0.4) is 0 Å². The summed E-state index contributed by atoms with van der Waals surface area (Å²) < 4.78 is 0. The molecule has 0 aliphatic rings. The summed E-state index contributed by atoms with van der Waals surface area (Å²) in [6.45, 7) is 1.08. The molecule has 0 saturated carbocycles. The third-order valence-corrected chi connectivity index (χ3v) is 3.05. The standard InChI is InChI=1S/C12H18Cl2N2O/c13-10-7-9(15)8-11(14)12(10)16-5-3-1-2-4-6-17/h7-8,16-17H,1-6,15H2. The van der Waals surface area contributed by atoms with Gasteiger partial charge in [0.1, 0.15) is 0 Å². The maximum atomic E-state index is 8.64. The molecule has 0 fully saturated rings. The van der Waals surface area contributed by atoms with Crippen molar-refractivity contribution in [2.75, 3.05) is 24.2 Å². The summed E-state index contributed by atoms with van der Waals surface area (Å²) in [5, 5.41) is 12.9. The van der Waals surface area contributed by atoms with E-state index in [0.717, 1.165) is 37.9 Å². The number of aliphatic hydroxyl groups excluding tert-OH is 1. The smallest absolute Gasteiger partial charge is 0.0720 e. The van der Waals surface area contributed by atoms with Crippen molar-refractivity contribution in [2.45, 2.75) is 25.7 Å². The summed E-state index contributed by atoms with van der Waals surface area (Å²) in [7, 11) is 0. The SMILES string of the molecule is Nc1cc(Cl)c(NCCCCCCO)c(Cl)c1. The summed E-state index contributed by atoms with van der Waals surface area (Å²) in [4.78, 5) is 0. The molecule has 0 aliphatic carbocycles. The van der Waals surface area contributed by atoms with Crippen LogP contribution in [0.2, 0.25) is 10.0 Å². The highest BCUT2D eigenvalue weighted by Gasteiger charge is 2.06. The van der Waals surface area contributed by atoms with Crippen LogP contribution in [0.15, 0.2) is 12.1 Å². The number of benzene rings is 1. The van der Waals surface area contributed by atoms with Gasteiger partial charge in [0.2, 0.25) is 0 Å². The van der Waals surface area contributed by atoms with Crippen LogP contribution in [0, 0.1) is 0 Å². The van der Waals surface area contributed by atoms with Crippen LogP contribution in [-0.2, 0) is 0 Å². The molecule has 0 heterocycles. The minimum Gasteiger partial charge on any atom is -0.399 e. The summed E-state index contributed by atoms with van der Waals surface area (Å²) in [6.07, 6.45) is 4.01. The molecule has 0 atom stereocenters. The molecule has 4 N–H and O–H groups in total. The van der Waals surface area contributed by atoms with Crippen molar-refractivity contribution in [1.29, 1.82) is 0 Å². The van der Waals surface area contributed by atoms with Gasteiger partial charge in [0, 0.05) is 18.8 Å². The fourth-order valence-corrected chi connectivity index (χ4v) is 2.20. The van der Waals surface area contributed by atoms with E-state index in [4.69, 9.17) is 34.0 Å². The van der Waals surface area contributed by atoms with E-state index < -0.39 is 0 Å². The first-order valence-corrected chi connectivity index (χ1v) is 6.50. The quantitative estimate of drug-likeness (QED) is 0.527. The van der Waals surface area contributed by atoms with Crippen LogP contribution in [0.5, 0.6) is 0 Å². The van der Waals surface area contributed by atoms with Crippen molar-refractivity contribution < 1.29 is 5.11 Å². The Kier molecular flexibility index (Phi) is 6.48. The first-order valence-electron chi connectivity index (χ1n) is 5.74. The maximum Gasteiger partial charge on any atom is 0.0720 e. The number of nitrogens with two attached hydrogens (primary N) is 1. The molecule has 0 unspecified atom stereocenters. The summed E-state index contributed by atoms with van der Waals surface area (Å²) in [5.41, 5.74) is 6.92. The summed E-state index contributed by atoms with van der Waals surface area (Å²) in [5.74, 6) is 0. The molecule has 3 nitrogen and oxygen atoms in total. The Morgan fingerprint density at radius 2 is 1.65 bits per heavy atom. The van der Waals surface area contributed by atoms with Gasteiger partial charge in [-0.15, -0.1) is 0 Å². The average Bonchev–Trinajstić information content (AvgIpc) is 2.26. The molecular weight excluding hydrogens is 259 g/mol. The van der Waals surface area contributed by atoms with Crippen LogP contribution >= 0.6 is 23.2 Å². The fraction of sp³-hybridized carbons (Fsp3) is 0.500. The number of aliphatic hydroxyl groups is 1. The van der Waals surface area contributed by atoms with E-state index in [1.54, 1.807) is 12.1 Å². The van der Waals surface area contributed by atoms with E-state index in [1.165, 1.54) is 0 Å². The van der Waals surface area contributed by atoms with Crippen LogP contribution < -0.4 is 11.1 Å². The maximum absolute atomic E-state index is 8.64. The topological polar surface area (TPSA) is 58.3 Å². The Labute approximate surface area is 112 Å². The monoisotopic (exact) mass is 276 g/mol. The van der Waals surface area contributed by atoms with Gasteiger partial charge in [0.15, 0.2) is 0 Å². The van der Waals surface area contributed by atoms with Gasteiger partial charge < -0.3 is 16.2 Å². The second-order valence-electron chi connectivity index (χ2n) is 3.92. The Balaban J connectivity index is 2.36. The van der Waals surface area contributed by atoms with Gasteiger partial charge in [-0.2, -0.15) is 0 Å². The first kappa shape index (κ1) is 14.4. The van der Waals surface area contributed by atoms with Crippen LogP contribution in [0.4, 0.5) is 11.4 Å². The minimum absolute atomic E-state index is 0.267. The summed E-state index contributed by atoms with van der Waals surface area (Å²) >= 11 is 12.1. The first-order chi connectivity index (χ1) is 8.15. The largest absolute Gasteiger partial charge is 0.399 e. The number of hydrogen-bond donors (Lipinski definition) is 3. The van der Waals surface area contributed by atoms with E-state index in [2.05, 4.69) is 5.32 Å². The second-order valence-corrected chi connectivity index (χ2v) is 4.74. The van der Waals surface area contributed by atoms with Crippen LogP contribution in [0.25, 0.3) is 0 Å². The molecule has 0 radical (unpaired) electrons. The normalized spacial score (nSPS) is 10.5. The van der Waals surface area contributed by atoms with Crippen molar-refractivity contribution in [3.05, 3.63) is 22.2 Å². The van der Waals surface area contributed by atoms with Crippen molar-refractivity contribution >= 4 is 34.6 Å². The van der Waals surface area contributed by atoms with Gasteiger partial charge in [-0.05, 0) is 25.0 Å². The Hall–Kier alpha value is -0.640. The van der Waals surface area contributed by atoms with Gasteiger partial charge in [0.25, 0.3) is 0 Å². The zero-order valence-corrected chi connectivity index (χ0v) is 11.2. The van der Waals surface area contributed by atoms with Gasteiger partial charge in [-0.1, -0.05) is 36.0 Å². The molecule has 0 aliphatic heterocycles. The van der Waals surface area contributed by atoms with Crippen molar-refractivity contribution in [1.82, 2.24) is 0 Å². The van der Waals surface area contributed by atoms with Crippen LogP contribution in [0.1, 0.15) is 25.7 Å². The van der Waals surface area contributed by atoms with Gasteiger partial charge in [-0.3, -0.25) is 0 Å². The molecule has 0 amide bonds. The highest BCUT2D eigenvalue weighted by atomic mass is 35.5. The molecule has 17 heavy (non-hydrogen) atoms. The number of halogens is 2. The highest BCUT2D eigenvalue weighted by molar-refractivity contribution is 6.39. The molecule has 0 saturated heterocycles. The lowest BCUT2D eigenvalue weighted by atomic mass is 10.2. The van der Waals surface area contributed by atoms with Gasteiger partial charge in [0.05, 0.1) is 15.7 Å². The number of anilines is 2. The third-order valence-electron chi connectivity index (χ3n) is 2.45. The van der Waals surface area contributed by atoms with Gasteiger partial charge in [-0.25, -0.2) is 0 Å². The Bertz CT molecular complexity index is 335. The minimum atomic E-state index is 0.267. The van der Waals surface area contributed by atoms with Crippen molar-refractivity contribution in [2.24, 2.45) is 0 Å². The molecule has 96 valence electrons. The van der Waals surface area contributed by atoms with E-state index in [0.29, 0.717) is 15.7 Å². The lowest BCUT2D eigenvalue weighted by Crippen LogP contribution is -2.03. The summed E-state index contributed by atoms with van der Waals surface area (Å²) in [6, 6.07) is 3.36. The van der Waals surface area contributed by atoms with E-state index in [9.17, 15) is 0 Å². The Morgan fingerprint density at radius 3 is 2.24 bits per heavy atom. The highest BCUT2D eigenvalue weighted by Crippen LogP contribution is 2.32. The number of rotatable bonds is 7. The predicted molar refractivity (Wildman–Crippen MR) is 74.9 cm³/mol. The van der Waals surface area contributed by atoms with E-state index in [-0.39, 0.29) is 6.61 Å².